The number of aliphatic carboxylic acids is 1. The maximum absolute atomic E-state index is 10.4. The van der Waals surface area contributed by atoms with Gasteiger partial charge < -0.3 is 10.4 Å². The molecule has 76 valence electrons. The Morgan fingerprint density at radius 1 is 1.43 bits per heavy atom. The number of carboxylic acids is 1. The maximum atomic E-state index is 10.4. The lowest BCUT2D eigenvalue weighted by molar-refractivity contribution is -0.136. The van der Waals surface area contributed by atoms with Crippen molar-refractivity contribution >= 4 is 5.97 Å². The molecule has 0 heterocycles. The van der Waals surface area contributed by atoms with Crippen LogP contribution < -0.4 is 5.32 Å². The molecule has 1 atom stereocenters. The second-order valence-corrected chi connectivity index (χ2v) is 3.15. The molecule has 0 aliphatic rings. The summed E-state index contributed by atoms with van der Waals surface area (Å²) in [7, 11) is 0. The van der Waals surface area contributed by atoms with E-state index in [-0.39, 0.29) is 12.6 Å². The van der Waals surface area contributed by atoms with Gasteiger partial charge in [0.25, 0.3) is 0 Å². The molecule has 1 aromatic carbocycles. The summed E-state index contributed by atoms with van der Waals surface area (Å²) in [5.41, 5.74) is 1.14. The van der Waals surface area contributed by atoms with Gasteiger partial charge in [0.1, 0.15) is 0 Å². The Balaban J connectivity index is 2.58. The highest BCUT2D eigenvalue weighted by Crippen LogP contribution is 2.15. The molecule has 0 saturated heterocycles. The summed E-state index contributed by atoms with van der Waals surface area (Å²) in [6.07, 6.45) is 0.886. The van der Waals surface area contributed by atoms with Crippen LogP contribution in [0.5, 0.6) is 0 Å². The van der Waals surface area contributed by atoms with E-state index in [9.17, 15) is 4.79 Å². The fourth-order valence-electron chi connectivity index (χ4n) is 1.39. The Morgan fingerprint density at radius 2 is 2.07 bits per heavy atom. The molecule has 0 amide bonds. The Morgan fingerprint density at radius 3 is 2.57 bits per heavy atom. The minimum absolute atomic E-state index is 0.00734. The van der Waals surface area contributed by atoms with E-state index in [0.717, 1.165) is 12.0 Å². The van der Waals surface area contributed by atoms with Crippen molar-refractivity contribution in [2.24, 2.45) is 0 Å². The van der Waals surface area contributed by atoms with Crippen LogP contribution in [0.15, 0.2) is 30.3 Å². The molecule has 1 aromatic rings. The van der Waals surface area contributed by atoms with Gasteiger partial charge in [-0.25, -0.2) is 0 Å². The fraction of sp³-hybridized carbons (Fsp3) is 0.364. The Hall–Kier alpha value is -1.35. The predicted octanol–water partition coefficient (Wildman–Crippen LogP) is 1.81. The molecule has 0 radical (unpaired) electrons. The molecule has 0 spiro atoms. The lowest BCUT2D eigenvalue weighted by Gasteiger charge is -2.15. The number of hydrogen-bond donors (Lipinski definition) is 2. The zero-order valence-electron chi connectivity index (χ0n) is 8.23. The van der Waals surface area contributed by atoms with Gasteiger partial charge in [0, 0.05) is 6.04 Å². The Kier molecular flexibility index (Phi) is 4.13. The largest absolute Gasteiger partial charge is 0.480 e. The first-order valence-electron chi connectivity index (χ1n) is 4.74. The molecular formula is C11H15NO2. The zero-order chi connectivity index (χ0) is 10.4. The van der Waals surface area contributed by atoms with Crippen LogP contribution >= 0.6 is 0 Å². The highest BCUT2D eigenvalue weighted by Gasteiger charge is 2.08. The van der Waals surface area contributed by atoms with Crippen molar-refractivity contribution in [1.82, 2.24) is 5.32 Å². The SMILES string of the molecule is CC[C@H](NCC(=O)O)c1ccccc1. The van der Waals surface area contributed by atoms with Crippen LogP contribution in [0.2, 0.25) is 0 Å². The monoisotopic (exact) mass is 193 g/mol. The second-order valence-electron chi connectivity index (χ2n) is 3.15. The van der Waals surface area contributed by atoms with E-state index >= 15 is 0 Å². The third-order valence-electron chi connectivity index (χ3n) is 2.11. The zero-order valence-corrected chi connectivity index (χ0v) is 8.23. The van der Waals surface area contributed by atoms with Crippen LogP contribution in [0.3, 0.4) is 0 Å². The van der Waals surface area contributed by atoms with Gasteiger partial charge in [-0.3, -0.25) is 4.79 Å². The minimum atomic E-state index is -0.820. The van der Waals surface area contributed by atoms with Crippen molar-refractivity contribution in [3.63, 3.8) is 0 Å². The van der Waals surface area contributed by atoms with Crippen molar-refractivity contribution in [2.75, 3.05) is 6.54 Å². The molecule has 2 N–H and O–H groups in total. The van der Waals surface area contributed by atoms with E-state index in [1.807, 2.05) is 37.3 Å². The molecule has 0 saturated carbocycles. The van der Waals surface area contributed by atoms with Crippen LogP contribution in [0, 0.1) is 0 Å². The molecule has 0 fully saturated rings. The van der Waals surface area contributed by atoms with Crippen LogP contribution in [0.1, 0.15) is 24.9 Å². The lowest BCUT2D eigenvalue weighted by atomic mass is 10.1. The van der Waals surface area contributed by atoms with E-state index < -0.39 is 5.97 Å². The van der Waals surface area contributed by atoms with E-state index in [1.54, 1.807) is 0 Å². The molecule has 0 bridgehead atoms. The molecule has 1 rings (SSSR count). The van der Waals surface area contributed by atoms with Crippen molar-refractivity contribution in [3.05, 3.63) is 35.9 Å². The van der Waals surface area contributed by atoms with Crippen molar-refractivity contribution in [1.29, 1.82) is 0 Å². The van der Waals surface area contributed by atoms with E-state index in [2.05, 4.69) is 5.32 Å². The quantitative estimate of drug-likeness (QED) is 0.749. The van der Waals surface area contributed by atoms with Gasteiger partial charge in [0.15, 0.2) is 0 Å². The summed E-state index contributed by atoms with van der Waals surface area (Å²) < 4.78 is 0. The number of hydrogen-bond acceptors (Lipinski definition) is 2. The standard InChI is InChI=1S/C11H15NO2/c1-2-10(12-8-11(13)14)9-6-4-3-5-7-9/h3-7,10,12H,2,8H2,1H3,(H,13,14)/t10-/m0/s1. The smallest absolute Gasteiger partial charge is 0.317 e. The van der Waals surface area contributed by atoms with Crippen LogP contribution in [0.4, 0.5) is 0 Å². The summed E-state index contributed by atoms with van der Waals surface area (Å²) in [5, 5.41) is 11.5. The third kappa shape index (κ3) is 3.18. The number of rotatable bonds is 5. The second kappa shape index (κ2) is 5.40. The first kappa shape index (κ1) is 10.7. The van der Waals surface area contributed by atoms with E-state index in [4.69, 9.17) is 5.11 Å². The van der Waals surface area contributed by atoms with Crippen molar-refractivity contribution in [2.45, 2.75) is 19.4 Å². The van der Waals surface area contributed by atoms with E-state index in [1.165, 1.54) is 0 Å². The molecule has 0 aliphatic carbocycles. The molecule has 0 unspecified atom stereocenters. The van der Waals surface area contributed by atoms with Crippen LogP contribution in [0.25, 0.3) is 0 Å². The number of benzene rings is 1. The lowest BCUT2D eigenvalue weighted by Crippen LogP contribution is -2.26. The topological polar surface area (TPSA) is 49.3 Å². The van der Waals surface area contributed by atoms with Gasteiger partial charge in [0.05, 0.1) is 6.54 Å². The molecule has 3 nitrogen and oxygen atoms in total. The molecule has 3 heteroatoms. The third-order valence-corrected chi connectivity index (χ3v) is 2.11. The van der Waals surface area contributed by atoms with Gasteiger partial charge in [-0.15, -0.1) is 0 Å². The Labute approximate surface area is 83.8 Å². The minimum Gasteiger partial charge on any atom is -0.480 e. The highest BCUT2D eigenvalue weighted by molar-refractivity contribution is 5.69. The molecule has 14 heavy (non-hydrogen) atoms. The summed E-state index contributed by atoms with van der Waals surface area (Å²) in [6, 6.07) is 10.0. The molecule has 0 aliphatic heterocycles. The normalized spacial score (nSPS) is 12.4. The first-order valence-corrected chi connectivity index (χ1v) is 4.74. The number of carboxylic acid groups (broad SMARTS) is 1. The maximum Gasteiger partial charge on any atom is 0.317 e. The van der Waals surface area contributed by atoms with Gasteiger partial charge in [-0.1, -0.05) is 37.3 Å². The van der Waals surface area contributed by atoms with Gasteiger partial charge in [-0.2, -0.15) is 0 Å². The van der Waals surface area contributed by atoms with Gasteiger partial charge in [0.2, 0.25) is 0 Å². The summed E-state index contributed by atoms with van der Waals surface area (Å²) >= 11 is 0. The van der Waals surface area contributed by atoms with Crippen molar-refractivity contribution < 1.29 is 9.90 Å². The first-order chi connectivity index (χ1) is 6.74. The summed E-state index contributed by atoms with van der Waals surface area (Å²) in [6.45, 7) is 2.04. The van der Waals surface area contributed by atoms with E-state index in [0.29, 0.717) is 0 Å². The van der Waals surface area contributed by atoms with Crippen LogP contribution in [-0.2, 0) is 4.79 Å². The number of nitrogens with one attached hydrogen (secondary N) is 1. The van der Waals surface area contributed by atoms with Gasteiger partial charge >= 0.3 is 5.97 Å². The van der Waals surface area contributed by atoms with Crippen molar-refractivity contribution in [3.8, 4) is 0 Å². The van der Waals surface area contributed by atoms with Gasteiger partial charge in [-0.05, 0) is 12.0 Å². The van der Waals surface area contributed by atoms with Crippen LogP contribution in [-0.4, -0.2) is 17.6 Å². The molecule has 0 aromatic heterocycles. The molecular weight excluding hydrogens is 178 g/mol. The fourth-order valence-corrected chi connectivity index (χ4v) is 1.39. The average molecular weight is 193 g/mol. The highest BCUT2D eigenvalue weighted by atomic mass is 16.4. The summed E-state index contributed by atoms with van der Waals surface area (Å²) in [4.78, 5) is 10.4. The number of carbonyl (C=O) groups is 1. The average Bonchev–Trinajstić information content (AvgIpc) is 2.20. The Bertz CT molecular complexity index is 285. The predicted molar refractivity (Wildman–Crippen MR) is 55.1 cm³/mol. The summed E-state index contributed by atoms with van der Waals surface area (Å²) in [5.74, 6) is -0.820.